The largest absolute Gasteiger partial charge is 0.488 e. The number of rotatable bonds is 4. The van der Waals surface area contributed by atoms with Gasteiger partial charge in [0.1, 0.15) is 24.0 Å². The second-order valence-corrected chi connectivity index (χ2v) is 4.69. The topological polar surface area (TPSA) is 41.8 Å². The van der Waals surface area contributed by atoms with Gasteiger partial charge in [-0.15, -0.1) is 0 Å². The van der Waals surface area contributed by atoms with E-state index in [0.717, 1.165) is 5.56 Å². The molecule has 2 aromatic carbocycles. The van der Waals surface area contributed by atoms with Crippen LogP contribution in [0, 0.1) is 18.6 Å². The van der Waals surface area contributed by atoms with Gasteiger partial charge in [0.15, 0.2) is 0 Å². The van der Waals surface area contributed by atoms with Gasteiger partial charge in [-0.25, -0.2) is 8.78 Å². The van der Waals surface area contributed by atoms with Crippen molar-refractivity contribution in [2.45, 2.75) is 20.5 Å². The third-order valence-corrected chi connectivity index (χ3v) is 3.18. The first kappa shape index (κ1) is 15.0. The highest BCUT2D eigenvalue weighted by Gasteiger charge is 2.10. The second-order valence-electron chi connectivity index (χ2n) is 4.69. The summed E-state index contributed by atoms with van der Waals surface area (Å²) >= 11 is 0. The molecule has 0 unspecified atom stereocenters. The van der Waals surface area contributed by atoms with Crippen LogP contribution in [-0.4, -0.2) is 10.9 Å². The average Bonchev–Trinajstić information content (AvgIpc) is 2.47. The van der Waals surface area contributed by atoms with Gasteiger partial charge in [-0.05, 0) is 49.2 Å². The Morgan fingerprint density at radius 2 is 1.81 bits per heavy atom. The van der Waals surface area contributed by atoms with Crippen molar-refractivity contribution in [1.82, 2.24) is 0 Å². The highest BCUT2D eigenvalue weighted by molar-refractivity contribution is 6.00. The molecule has 0 bridgehead atoms. The Morgan fingerprint density at radius 1 is 1.14 bits per heavy atom. The normalized spacial score (nSPS) is 11.5. The minimum Gasteiger partial charge on any atom is -0.488 e. The summed E-state index contributed by atoms with van der Waals surface area (Å²) in [6.07, 6.45) is 0. The van der Waals surface area contributed by atoms with E-state index in [1.54, 1.807) is 13.0 Å². The fourth-order valence-corrected chi connectivity index (χ4v) is 1.92. The predicted octanol–water partition coefficient (Wildman–Crippen LogP) is 4.05. The summed E-state index contributed by atoms with van der Waals surface area (Å²) in [6, 6.07) is 8.33. The summed E-state index contributed by atoms with van der Waals surface area (Å²) in [7, 11) is 0. The lowest BCUT2D eigenvalue weighted by atomic mass is 10.1. The van der Waals surface area contributed by atoms with Gasteiger partial charge in [0.25, 0.3) is 0 Å². The molecule has 0 atom stereocenters. The van der Waals surface area contributed by atoms with Crippen LogP contribution in [0.5, 0.6) is 5.75 Å². The third kappa shape index (κ3) is 3.56. The molecule has 2 rings (SSSR count). The number of halogens is 2. The zero-order chi connectivity index (χ0) is 15.4. The van der Waals surface area contributed by atoms with Crippen molar-refractivity contribution in [2.75, 3.05) is 0 Å². The van der Waals surface area contributed by atoms with E-state index in [4.69, 9.17) is 9.94 Å². The SMILES string of the molecule is C/C(=N/O)c1ccc(F)cc1OCc1cc(F)ccc1C. The number of oxime groups is 1. The number of hydrogen-bond acceptors (Lipinski definition) is 3. The average molecular weight is 291 g/mol. The van der Waals surface area contributed by atoms with Gasteiger partial charge in [0.2, 0.25) is 0 Å². The van der Waals surface area contributed by atoms with Crippen LogP contribution in [0.2, 0.25) is 0 Å². The van der Waals surface area contributed by atoms with E-state index < -0.39 is 5.82 Å². The van der Waals surface area contributed by atoms with Crippen molar-refractivity contribution in [2.24, 2.45) is 5.16 Å². The number of nitrogens with zero attached hydrogens (tertiary/aromatic N) is 1. The van der Waals surface area contributed by atoms with Crippen LogP contribution < -0.4 is 4.74 Å². The molecule has 2 aromatic rings. The van der Waals surface area contributed by atoms with Crippen LogP contribution in [0.15, 0.2) is 41.6 Å². The van der Waals surface area contributed by atoms with Gasteiger partial charge >= 0.3 is 0 Å². The van der Waals surface area contributed by atoms with Crippen LogP contribution in [0.4, 0.5) is 8.78 Å². The monoisotopic (exact) mass is 291 g/mol. The Bertz CT molecular complexity index is 684. The Labute approximate surface area is 121 Å². The minimum absolute atomic E-state index is 0.0960. The number of hydrogen-bond donors (Lipinski definition) is 1. The Balaban J connectivity index is 2.27. The van der Waals surface area contributed by atoms with E-state index in [2.05, 4.69) is 5.16 Å². The van der Waals surface area contributed by atoms with Crippen molar-refractivity contribution in [3.8, 4) is 5.75 Å². The fraction of sp³-hybridized carbons (Fsp3) is 0.188. The van der Waals surface area contributed by atoms with Crippen LogP contribution in [0.25, 0.3) is 0 Å². The molecule has 0 aliphatic rings. The first-order valence-corrected chi connectivity index (χ1v) is 6.37. The van der Waals surface area contributed by atoms with Gasteiger partial charge in [-0.2, -0.15) is 0 Å². The van der Waals surface area contributed by atoms with Crippen LogP contribution >= 0.6 is 0 Å². The summed E-state index contributed by atoms with van der Waals surface area (Å²) in [5.41, 5.74) is 2.33. The maximum Gasteiger partial charge on any atom is 0.131 e. The Kier molecular flexibility index (Phi) is 4.52. The smallest absolute Gasteiger partial charge is 0.131 e. The number of aryl methyl sites for hydroxylation is 1. The standard InChI is InChI=1S/C16H15F2NO2/c1-10-3-4-13(17)7-12(10)9-21-16-8-14(18)5-6-15(16)11(2)19-20/h3-8,20H,9H2,1-2H3/b19-11-. The molecule has 0 saturated heterocycles. The summed E-state index contributed by atoms with van der Waals surface area (Å²) in [5, 5.41) is 11.9. The van der Waals surface area contributed by atoms with E-state index in [1.807, 2.05) is 6.92 Å². The molecule has 0 amide bonds. The minimum atomic E-state index is -0.463. The van der Waals surface area contributed by atoms with Gasteiger partial charge in [-0.3, -0.25) is 0 Å². The molecule has 0 spiro atoms. The number of benzene rings is 2. The molecular weight excluding hydrogens is 276 g/mol. The van der Waals surface area contributed by atoms with Crippen molar-refractivity contribution in [3.05, 3.63) is 64.7 Å². The molecule has 21 heavy (non-hydrogen) atoms. The van der Waals surface area contributed by atoms with Gasteiger partial charge in [-0.1, -0.05) is 11.2 Å². The molecule has 0 aromatic heterocycles. The second kappa shape index (κ2) is 6.35. The summed E-state index contributed by atoms with van der Waals surface area (Å²) in [4.78, 5) is 0. The van der Waals surface area contributed by atoms with Gasteiger partial charge < -0.3 is 9.94 Å². The third-order valence-electron chi connectivity index (χ3n) is 3.18. The lowest BCUT2D eigenvalue weighted by molar-refractivity contribution is 0.300. The Morgan fingerprint density at radius 3 is 2.52 bits per heavy atom. The van der Waals surface area contributed by atoms with Crippen LogP contribution in [0.1, 0.15) is 23.6 Å². The molecule has 0 fully saturated rings. The fourth-order valence-electron chi connectivity index (χ4n) is 1.92. The molecule has 1 N–H and O–H groups in total. The van der Waals surface area contributed by atoms with Crippen LogP contribution in [0.3, 0.4) is 0 Å². The van der Waals surface area contributed by atoms with Gasteiger partial charge in [0, 0.05) is 11.6 Å². The lowest BCUT2D eigenvalue weighted by Crippen LogP contribution is -2.04. The van der Waals surface area contributed by atoms with Gasteiger partial charge in [0.05, 0.1) is 5.71 Å². The molecule has 3 nitrogen and oxygen atoms in total. The van der Waals surface area contributed by atoms with E-state index in [9.17, 15) is 8.78 Å². The molecular formula is C16H15F2NO2. The number of ether oxygens (including phenoxy) is 1. The lowest BCUT2D eigenvalue weighted by Gasteiger charge is -2.12. The van der Waals surface area contributed by atoms with Crippen molar-refractivity contribution in [1.29, 1.82) is 0 Å². The maximum atomic E-state index is 13.3. The van der Waals surface area contributed by atoms with E-state index in [-0.39, 0.29) is 18.2 Å². The van der Waals surface area contributed by atoms with E-state index in [1.165, 1.54) is 30.3 Å². The molecule has 0 radical (unpaired) electrons. The predicted molar refractivity (Wildman–Crippen MR) is 75.9 cm³/mol. The van der Waals surface area contributed by atoms with Crippen LogP contribution in [-0.2, 0) is 6.61 Å². The highest BCUT2D eigenvalue weighted by Crippen LogP contribution is 2.23. The zero-order valence-corrected chi connectivity index (χ0v) is 11.7. The molecule has 0 aliphatic carbocycles. The van der Waals surface area contributed by atoms with E-state index in [0.29, 0.717) is 16.8 Å². The molecule has 110 valence electrons. The quantitative estimate of drug-likeness (QED) is 0.524. The van der Waals surface area contributed by atoms with Crippen molar-refractivity contribution in [3.63, 3.8) is 0 Å². The molecule has 0 aliphatic heterocycles. The molecule has 0 heterocycles. The zero-order valence-electron chi connectivity index (χ0n) is 11.7. The summed E-state index contributed by atoms with van der Waals surface area (Å²) in [5.74, 6) is -0.573. The first-order valence-electron chi connectivity index (χ1n) is 6.37. The Hall–Kier alpha value is -2.43. The highest BCUT2D eigenvalue weighted by atomic mass is 19.1. The first-order chi connectivity index (χ1) is 10.0. The maximum absolute atomic E-state index is 13.3. The summed E-state index contributed by atoms with van der Waals surface area (Å²) in [6.45, 7) is 3.51. The summed E-state index contributed by atoms with van der Waals surface area (Å²) < 4.78 is 32.1. The molecule has 0 saturated carbocycles. The molecule has 5 heteroatoms. The van der Waals surface area contributed by atoms with E-state index >= 15 is 0 Å². The van der Waals surface area contributed by atoms with Crippen molar-refractivity contribution < 1.29 is 18.7 Å². The van der Waals surface area contributed by atoms with Crippen molar-refractivity contribution >= 4 is 5.71 Å².